The van der Waals surface area contributed by atoms with Crippen molar-refractivity contribution in [3.63, 3.8) is 0 Å². The molecule has 1 aromatic carbocycles. The number of aromatic nitrogens is 1. The van der Waals surface area contributed by atoms with Gasteiger partial charge in [0.1, 0.15) is 6.61 Å². The van der Waals surface area contributed by atoms with Crippen molar-refractivity contribution in [1.82, 2.24) is 10.3 Å². The first kappa shape index (κ1) is 13.8. The molecule has 0 saturated heterocycles. The van der Waals surface area contributed by atoms with Crippen LogP contribution in [-0.4, -0.2) is 22.6 Å². The molecule has 1 amide bonds. The van der Waals surface area contributed by atoms with Crippen molar-refractivity contribution in [2.24, 2.45) is 0 Å². The summed E-state index contributed by atoms with van der Waals surface area (Å²) in [6, 6.07) is 10.8. The average Bonchev–Trinajstić information content (AvgIpc) is 2.52. The molecule has 0 aliphatic heterocycles. The molecule has 0 fully saturated rings. The number of nitrogens with zero attached hydrogens (tertiary/aromatic N) is 1. The van der Waals surface area contributed by atoms with E-state index in [0.717, 1.165) is 11.1 Å². The van der Waals surface area contributed by atoms with Gasteiger partial charge >= 0.3 is 0 Å². The SMILES string of the molecule is O=C(NCc1ccccc1C#CCO)c1ccncc1. The fourth-order valence-corrected chi connectivity index (χ4v) is 1.71. The molecule has 0 atom stereocenters. The van der Waals surface area contributed by atoms with Crippen LogP contribution in [0.3, 0.4) is 0 Å². The van der Waals surface area contributed by atoms with Crippen molar-refractivity contribution in [2.75, 3.05) is 6.61 Å². The van der Waals surface area contributed by atoms with E-state index in [1.165, 1.54) is 0 Å². The van der Waals surface area contributed by atoms with E-state index in [4.69, 9.17) is 5.11 Å². The lowest BCUT2D eigenvalue weighted by Gasteiger charge is -2.07. The first-order valence-corrected chi connectivity index (χ1v) is 6.17. The maximum atomic E-state index is 11.9. The molecule has 4 nitrogen and oxygen atoms in total. The molecule has 0 bridgehead atoms. The second kappa shape index (κ2) is 7.07. The van der Waals surface area contributed by atoms with E-state index in [2.05, 4.69) is 22.1 Å². The van der Waals surface area contributed by atoms with Gasteiger partial charge in [0.2, 0.25) is 0 Å². The summed E-state index contributed by atoms with van der Waals surface area (Å²) >= 11 is 0. The minimum absolute atomic E-state index is 0.155. The Hall–Kier alpha value is -2.64. The maximum absolute atomic E-state index is 11.9. The fourth-order valence-electron chi connectivity index (χ4n) is 1.71. The first-order valence-electron chi connectivity index (χ1n) is 6.17. The van der Waals surface area contributed by atoms with Crippen molar-refractivity contribution < 1.29 is 9.90 Å². The van der Waals surface area contributed by atoms with E-state index in [-0.39, 0.29) is 12.5 Å². The van der Waals surface area contributed by atoms with Gasteiger partial charge in [0.05, 0.1) is 0 Å². The molecule has 0 saturated carbocycles. The lowest BCUT2D eigenvalue weighted by atomic mass is 10.1. The fraction of sp³-hybridized carbons (Fsp3) is 0.125. The predicted octanol–water partition coefficient (Wildman–Crippen LogP) is 1.36. The van der Waals surface area contributed by atoms with Crippen LogP contribution in [0.15, 0.2) is 48.8 Å². The Morgan fingerprint density at radius 2 is 1.95 bits per heavy atom. The molecule has 1 heterocycles. The highest BCUT2D eigenvalue weighted by atomic mass is 16.2. The van der Waals surface area contributed by atoms with Crippen LogP contribution in [0.4, 0.5) is 0 Å². The number of carbonyl (C=O) groups is 1. The summed E-state index contributed by atoms with van der Waals surface area (Å²) in [5, 5.41) is 11.6. The summed E-state index contributed by atoms with van der Waals surface area (Å²) < 4.78 is 0. The molecule has 100 valence electrons. The van der Waals surface area contributed by atoms with Crippen molar-refractivity contribution in [2.45, 2.75) is 6.54 Å². The third-order valence-electron chi connectivity index (χ3n) is 2.70. The summed E-state index contributed by atoms with van der Waals surface area (Å²) in [5.41, 5.74) is 2.28. The topological polar surface area (TPSA) is 62.2 Å². The summed E-state index contributed by atoms with van der Waals surface area (Å²) in [6.45, 7) is 0.204. The van der Waals surface area contributed by atoms with Crippen LogP contribution in [0.5, 0.6) is 0 Å². The molecule has 1 aromatic heterocycles. The predicted molar refractivity (Wildman–Crippen MR) is 75.8 cm³/mol. The Bertz CT molecular complexity index is 642. The van der Waals surface area contributed by atoms with Gasteiger partial charge in [-0.3, -0.25) is 9.78 Å². The quantitative estimate of drug-likeness (QED) is 0.824. The highest BCUT2D eigenvalue weighted by Gasteiger charge is 2.05. The molecular weight excluding hydrogens is 252 g/mol. The lowest BCUT2D eigenvalue weighted by molar-refractivity contribution is 0.0951. The van der Waals surface area contributed by atoms with Gasteiger partial charge in [-0.2, -0.15) is 0 Å². The van der Waals surface area contributed by atoms with E-state index in [1.807, 2.05) is 24.3 Å². The van der Waals surface area contributed by atoms with Crippen molar-refractivity contribution in [3.8, 4) is 11.8 Å². The van der Waals surface area contributed by atoms with Crippen molar-refractivity contribution in [1.29, 1.82) is 0 Å². The van der Waals surface area contributed by atoms with Crippen LogP contribution in [0.1, 0.15) is 21.5 Å². The monoisotopic (exact) mass is 266 g/mol. The zero-order chi connectivity index (χ0) is 14.2. The number of amides is 1. The van der Waals surface area contributed by atoms with Crippen LogP contribution in [-0.2, 0) is 6.54 Å². The number of rotatable bonds is 3. The van der Waals surface area contributed by atoms with Gasteiger partial charge in [-0.05, 0) is 23.8 Å². The standard InChI is InChI=1S/C16H14N2O2/c19-11-3-6-13-4-1-2-5-15(13)12-18-16(20)14-7-9-17-10-8-14/h1-2,4-5,7-10,19H,11-12H2,(H,18,20). The highest BCUT2D eigenvalue weighted by molar-refractivity contribution is 5.93. The average molecular weight is 266 g/mol. The van der Waals surface area contributed by atoms with Gasteiger partial charge in [0.25, 0.3) is 5.91 Å². The molecule has 0 unspecified atom stereocenters. The second-order valence-corrected chi connectivity index (χ2v) is 4.04. The number of nitrogens with one attached hydrogen (secondary N) is 1. The van der Waals surface area contributed by atoms with Gasteiger partial charge in [-0.15, -0.1) is 0 Å². The number of hydrogen-bond acceptors (Lipinski definition) is 3. The Morgan fingerprint density at radius 1 is 1.20 bits per heavy atom. The lowest BCUT2D eigenvalue weighted by Crippen LogP contribution is -2.23. The van der Waals surface area contributed by atoms with Gasteiger partial charge in [0.15, 0.2) is 0 Å². The van der Waals surface area contributed by atoms with E-state index >= 15 is 0 Å². The first-order chi connectivity index (χ1) is 9.81. The van der Waals surface area contributed by atoms with Crippen molar-refractivity contribution >= 4 is 5.91 Å². The molecule has 0 aliphatic carbocycles. The van der Waals surface area contributed by atoms with Crippen LogP contribution in [0.2, 0.25) is 0 Å². The third kappa shape index (κ3) is 3.67. The number of hydrogen-bond donors (Lipinski definition) is 2. The molecule has 20 heavy (non-hydrogen) atoms. The van der Waals surface area contributed by atoms with Crippen LogP contribution < -0.4 is 5.32 Å². The summed E-state index contributed by atoms with van der Waals surface area (Å²) in [6.07, 6.45) is 3.16. The minimum Gasteiger partial charge on any atom is -0.384 e. The zero-order valence-electron chi connectivity index (χ0n) is 10.8. The molecular formula is C16H14N2O2. The van der Waals surface area contributed by atoms with Crippen LogP contribution >= 0.6 is 0 Å². The van der Waals surface area contributed by atoms with E-state index in [9.17, 15) is 4.79 Å². The minimum atomic E-state index is -0.183. The van der Waals surface area contributed by atoms with Gasteiger partial charge in [-0.1, -0.05) is 30.0 Å². The molecule has 0 aliphatic rings. The highest BCUT2D eigenvalue weighted by Crippen LogP contribution is 2.07. The van der Waals surface area contributed by atoms with Crippen LogP contribution in [0.25, 0.3) is 0 Å². The molecule has 0 spiro atoms. The Labute approximate surface area is 117 Å². The molecule has 2 rings (SSSR count). The summed E-state index contributed by atoms with van der Waals surface area (Å²) in [4.78, 5) is 15.8. The third-order valence-corrected chi connectivity index (χ3v) is 2.70. The molecule has 4 heteroatoms. The van der Waals surface area contributed by atoms with Gasteiger partial charge < -0.3 is 10.4 Å². The normalized spacial score (nSPS) is 9.45. The Balaban J connectivity index is 2.06. The van der Waals surface area contributed by atoms with Crippen molar-refractivity contribution in [3.05, 3.63) is 65.5 Å². The van der Waals surface area contributed by atoms with E-state index in [1.54, 1.807) is 24.5 Å². The largest absolute Gasteiger partial charge is 0.384 e. The summed E-state index contributed by atoms with van der Waals surface area (Å²) in [5.74, 6) is 5.32. The number of aliphatic hydroxyl groups excluding tert-OH is 1. The number of carbonyl (C=O) groups excluding carboxylic acids is 1. The number of pyridine rings is 1. The van der Waals surface area contributed by atoms with Crippen LogP contribution in [0, 0.1) is 11.8 Å². The smallest absolute Gasteiger partial charge is 0.251 e. The van der Waals surface area contributed by atoms with Gasteiger partial charge in [0, 0.05) is 30.1 Å². The molecule has 0 radical (unpaired) electrons. The Morgan fingerprint density at radius 3 is 2.70 bits per heavy atom. The second-order valence-electron chi connectivity index (χ2n) is 4.04. The number of aliphatic hydroxyl groups is 1. The van der Waals surface area contributed by atoms with Gasteiger partial charge in [-0.25, -0.2) is 0 Å². The zero-order valence-corrected chi connectivity index (χ0v) is 10.8. The number of benzene rings is 1. The molecule has 2 aromatic rings. The maximum Gasteiger partial charge on any atom is 0.251 e. The summed E-state index contributed by atoms with van der Waals surface area (Å²) in [7, 11) is 0. The molecule has 2 N–H and O–H groups in total. The van der Waals surface area contributed by atoms with E-state index < -0.39 is 0 Å². The van der Waals surface area contributed by atoms with E-state index in [0.29, 0.717) is 12.1 Å². The Kier molecular flexibility index (Phi) is 4.87.